The van der Waals surface area contributed by atoms with Gasteiger partial charge in [0.15, 0.2) is 11.5 Å². The van der Waals surface area contributed by atoms with E-state index in [0.717, 1.165) is 0 Å². The molecular formula is C19H16Cl2N2O3. The number of halogens is 2. The largest absolute Gasteiger partial charge is 0.493 e. The number of nitrogens with one attached hydrogen (secondary N) is 1. The number of nitriles is 1. The lowest BCUT2D eigenvalue weighted by molar-refractivity contribution is -0.112. The van der Waals surface area contributed by atoms with Crippen LogP contribution < -0.4 is 14.8 Å². The lowest BCUT2D eigenvalue weighted by atomic mass is 10.1. The maximum absolute atomic E-state index is 12.4. The molecule has 7 heteroatoms. The zero-order valence-corrected chi connectivity index (χ0v) is 15.7. The van der Waals surface area contributed by atoms with E-state index in [4.69, 9.17) is 32.7 Å². The van der Waals surface area contributed by atoms with E-state index in [1.807, 2.05) is 13.0 Å². The molecule has 2 aromatic carbocycles. The van der Waals surface area contributed by atoms with Gasteiger partial charge in [-0.1, -0.05) is 35.3 Å². The number of carbonyl (C=O) groups excluding carboxylic acids is 1. The van der Waals surface area contributed by atoms with Crippen LogP contribution in [0.15, 0.2) is 42.0 Å². The predicted molar refractivity (Wildman–Crippen MR) is 103 cm³/mol. The highest BCUT2D eigenvalue weighted by Crippen LogP contribution is 2.31. The summed E-state index contributed by atoms with van der Waals surface area (Å²) in [6.07, 6.45) is 1.45. The Labute approximate surface area is 161 Å². The summed E-state index contributed by atoms with van der Waals surface area (Å²) in [7, 11) is 1.54. The molecule has 0 spiro atoms. The zero-order valence-electron chi connectivity index (χ0n) is 14.2. The summed E-state index contributed by atoms with van der Waals surface area (Å²) in [5.74, 6) is 0.502. The molecule has 0 heterocycles. The first-order valence-corrected chi connectivity index (χ1v) is 8.43. The molecular weight excluding hydrogens is 375 g/mol. The van der Waals surface area contributed by atoms with Crippen molar-refractivity contribution in [3.05, 3.63) is 57.6 Å². The van der Waals surface area contributed by atoms with Crippen molar-refractivity contribution < 1.29 is 14.3 Å². The third-order valence-electron chi connectivity index (χ3n) is 3.36. The summed E-state index contributed by atoms with van der Waals surface area (Å²) in [6, 6.07) is 11.9. The van der Waals surface area contributed by atoms with E-state index in [2.05, 4.69) is 5.32 Å². The van der Waals surface area contributed by atoms with Crippen molar-refractivity contribution in [2.24, 2.45) is 0 Å². The number of rotatable bonds is 6. The summed E-state index contributed by atoms with van der Waals surface area (Å²) >= 11 is 12.0. The molecule has 0 aliphatic carbocycles. The zero-order chi connectivity index (χ0) is 19.1. The number of ether oxygens (including phenoxy) is 2. The van der Waals surface area contributed by atoms with Crippen LogP contribution in [0, 0.1) is 11.3 Å². The monoisotopic (exact) mass is 390 g/mol. The van der Waals surface area contributed by atoms with Crippen LogP contribution in [-0.2, 0) is 4.79 Å². The second-order valence-electron chi connectivity index (χ2n) is 5.07. The standard InChI is InChI=1S/C19H16Cl2N2O3/c1-3-26-17-10-12(7-8-16(17)25-2)9-13(11-22)19(24)23-15-6-4-5-14(20)18(15)21/h4-10H,3H2,1-2H3,(H,23,24)/b13-9+. The van der Waals surface area contributed by atoms with E-state index < -0.39 is 5.91 Å². The van der Waals surface area contributed by atoms with Crippen molar-refractivity contribution in [3.8, 4) is 17.6 Å². The summed E-state index contributed by atoms with van der Waals surface area (Å²) in [4.78, 5) is 12.4. The molecule has 0 aliphatic heterocycles. The molecule has 0 radical (unpaired) electrons. The van der Waals surface area contributed by atoms with Gasteiger partial charge in [0.2, 0.25) is 0 Å². The number of hydrogen-bond acceptors (Lipinski definition) is 4. The minimum atomic E-state index is -0.592. The SMILES string of the molecule is CCOc1cc(/C=C(\C#N)C(=O)Nc2cccc(Cl)c2Cl)ccc1OC. The van der Waals surface area contributed by atoms with E-state index in [-0.39, 0.29) is 10.6 Å². The highest BCUT2D eigenvalue weighted by Gasteiger charge is 2.13. The number of nitrogens with zero attached hydrogens (tertiary/aromatic N) is 1. The Hall–Kier alpha value is -2.68. The van der Waals surface area contributed by atoms with Gasteiger partial charge in [-0.3, -0.25) is 4.79 Å². The van der Waals surface area contributed by atoms with E-state index in [0.29, 0.717) is 34.4 Å². The lowest BCUT2D eigenvalue weighted by Crippen LogP contribution is -2.13. The van der Waals surface area contributed by atoms with Crippen LogP contribution in [0.4, 0.5) is 5.69 Å². The normalized spacial score (nSPS) is 10.8. The van der Waals surface area contributed by atoms with Gasteiger partial charge in [-0.15, -0.1) is 0 Å². The van der Waals surface area contributed by atoms with Crippen LogP contribution in [0.1, 0.15) is 12.5 Å². The van der Waals surface area contributed by atoms with E-state index in [9.17, 15) is 10.1 Å². The molecule has 1 amide bonds. The Kier molecular flexibility index (Phi) is 6.90. The number of hydrogen-bond donors (Lipinski definition) is 1. The van der Waals surface area contributed by atoms with Crippen LogP contribution in [0.3, 0.4) is 0 Å². The van der Waals surface area contributed by atoms with Gasteiger partial charge in [0.1, 0.15) is 11.6 Å². The van der Waals surface area contributed by atoms with Gasteiger partial charge in [0.05, 0.1) is 29.4 Å². The predicted octanol–water partition coefficient (Wildman–Crippen LogP) is 4.95. The Bertz CT molecular complexity index is 889. The Morgan fingerprint density at radius 3 is 2.69 bits per heavy atom. The van der Waals surface area contributed by atoms with Crippen molar-refractivity contribution >= 4 is 40.9 Å². The van der Waals surface area contributed by atoms with Crippen LogP contribution in [-0.4, -0.2) is 19.6 Å². The molecule has 0 aromatic heterocycles. The first-order valence-electron chi connectivity index (χ1n) is 7.68. The molecule has 0 aliphatic rings. The molecule has 0 unspecified atom stereocenters. The van der Waals surface area contributed by atoms with Crippen LogP contribution in [0.2, 0.25) is 10.0 Å². The second-order valence-corrected chi connectivity index (χ2v) is 5.85. The van der Waals surface area contributed by atoms with Gasteiger partial charge >= 0.3 is 0 Å². The molecule has 0 saturated carbocycles. The molecule has 0 atom stereocenters. The summed E-state index contributed by atoms with van der Waals surface area (Å²) in [5.41, 5.74) is 0.863. The molecule has 0 fully saturated rings. The molecule has 134 valence electrons. The maximum Gasteiger partial charge on any atom is 0.266 e. The first-order chi connectivity index (χ1) is 12.5. The maximum atomic E-state index is 12.4. The van der Waals surface area contributed by atoms with Crippen LogP contribution in [0.25, 0.3) is 6.08 Å². The highest BCUT2D eigenvalue weighted by atomic mass is 35.5. The van der Waals surface area contributed by atoms with E-state index >= 15 is 0 Å². The molecule has 2 aromatic rings. The molecule has 0 saturated heterocycles. The number of methoxy groups -OCH3 is 1. The number of anilines is 1. The van der Waals surface area contributed by atoms with Crippen molar-refractivity contribution in [3.63, 3.8) is 0 Å². The lowest BCUT2D eigenvalue weighted by Gasteiger charge is -2.10. The van der Waals surface area contributed by atoms with Gasteiger partial charge in [0.25, 0.3) is 5.91 Å². The van der Waals surface area contributed by atoms with Gasteiger partial charge in [-0.05, 0) is 42.8 Å². The highest BCUT2D eigenvalue weighted by molar-refractivity contribution is 6.44. The van der Waals surface area contributed by atoms with Crippen molar-refractivity contribution in [2.75, 3.05) is 19.0 Å². The number of carbonyl (C=O) groups is 1. The quantitative estimate of drug-likeness (QED) is 0.559. The molecule has 5 nitrogen and oxygen atoms in total. The Morgan fingerprint density at radius 2 is 2.04 bits per heavy atom. The van der Waals surface area contributed by atoms with Gasteiger partial charge in [-0.25, -0.2) is 0 Å². The number of amides is 1. The Morgan fingerprint density at radius 1 is 1.27 bits per heavy atom. The van der Waals surface area contributed by atoms with Crippen molar-refractivity contribution in [2.45, 2.75) is 6.92 Å². The third-order valence-corrected chi connectivity index (χ3v) is 4.18. The minimum absolute atomic E-state index is 0.0892. The average Bonchev–Trinajstić information content (AvgIpc) is 2.64. The van der Waals surface area contributed by atoms with Gasteiger partial charge in [-0.2, -0.15) is 5.26 Å². The smallest absolute Gasteiger partial charge is 0.266 e. The van der Waals surface area contributed by atoms with Gasteiger partial charge < -0.3 is 14.8 Å². The fourth-order valence-electron chi connectivity index (χ4n) is 2.16. The van der Waals surface area contributed by atoms with Crippen molar-refractivity contribution in [1.29, 1.82) is 5.26 Å². The Balaban J connectivity index is 2.29. The van der Waals surface area contributed by atoms with Crippen LogP contribution in [0.5, 0.6) is 11.5 Å². The topological polar surface area (TPSA) is 71.3 Å². The molecule has 1 N–H and O–H groups in total. The third kappa shape index (κ3) is 4.69. The summed E-state index contributed by atoms with van der Waals surface area (Å²) in [6.45, 7) is 2.31. The molecule has 2 rings (SSSR count). The fourth-order valence-corrected chi connectivity index (χ4v) is 2.50. The fraction of sp³-hybridized carbons (Fsp3) is 0.158. The number of benzene rings is 2. The minimum Gasteiger partial charge on any atom is -0.493 e. The molecule has 26 heavy (non-hydrogen) atoms. The van der Waals surface area contributed by atoms with E-state index in [1.165, 1.54) is 13.2 Å². The molecule has 0 bridgehead atoms. The summed E-state index contributed by atoms with van der Waals surface area (Å²) < 4.78 is 10.7. The summed E-state index contributed by atoms with van der Waals surface area (Å²) in [5, 5.41) is 12.4. The first kappa shape index (κ1) is 19.6. The van der Waals surface area contributed by atoms with Crippen LogP contribution >= 0.6 is 23.2 Å². The van der Waals surface area contributed by atoms with Gasteiger partial charge in [0, 0.05) is 0 Å². The second kappa shape index (κ2) is 9.14. The average molecular weight is 391 g/mol. The van der Waals surface area contributed by atoms with E-state index in [1.54, 1.807) is 36.4 Å². The van der Waals surface area contributed by atoms with Crippen molar-refractivity contribution in [1.82, 2.24) is 0 Å².